The first-order chi connectivity index (χ1) is 12.7. The molecule has 26 heavy (non-hydrogen) atoms. The van der Waals surface area contributed by atoms with Crippen molar-refractivity contribution in [2.45, 2.75) is 18.4 Å². The zero-order chi connectivity index (χ0) is 17.7. The van der Waals surface area contributed by atoms with Crippen LogP contribution >= 0.6 is 0 Å². The molecule has 0 radical (unpaired) electrons. The molecule has 1 aromatic heterocycles. The van der Waals surface area contributed by atoms with Crippen LogP contribution in [0.2, 0.25) is 0 Å². The van der Waals surface area contributed by atoms with E-state index in [1.165, 1.54) is 0 Å². The van der Waals surface area contributed by atoms with E-state index in [4.69, 9.17) is 0 Å². The van der Waals surface area contributed by atoms with Crippen LogP contribution in [-0.2, 0) is 21.5 Å². The smallest absolute Gasteiger partial charge is 0.243 e. The van der Waals surface area contributed by atoms with Crippen LogP contribution in [0.15, 0.2) is 60.8 Å². The highest BCUT2D eigenvalue weighted by molar-refractivity contribution is 6.15. The second-order valence-electron chi connectivity index (χ2n) is 6.68. The predicted molar refractivity (Wildman–Crippen MR) is 96.7 cm³/mol. The number of nitrogens with zero attached hydrogens (tertiary/aromatic N) is 2. The Balaban J connectivity index is 1.70. The van der Waals surface area contributed by atoms with Gasteiger partial charge in [-0.25, -0.2) is 0 Å². The zero-order valence-electron chi connectivity index (χ0n) is 13.9. The lowest BCUT2D eigenvalue weighted by atomic mass is 9.72. The van der Waals surface area contributed by atoms with Gasteiger partial charge in [0.2, 0.25) is 11.8 Å². The van der Waals surface area contributed by atoms with E-state index in [0.29, 0.717) is 12.4 Å². The number of benzene rings is 2. The van der Waals surface area contributed by atoms with Crippen molar-refractivity contribution in [1.82, 2.24) is 10.2 Å². The van der Waals surface area contributed by atoms with Gasteiger partial charge in [-0.3, -0.25) is 14.7 Å². The van der Waals surface area contributed by atoms with E-state index in [1.807, 2.05) is 54.6 Å². The van der Waals surface area contributed by atoms with E-state index < -0.39 is 5.41 Å². The maximum Gasteiger partial charge on any atom is 0.243 e. The molecule has 3 heterocycles. The van der Waals surface area contributed by atoms with E-state index in [9.17, 15) is 9.59 Å². The molecule has 3 aromatic rings. The van der Waals surface area contributed by atoms with Gasteiger partial charge in [-0.15, -0.1) is 0 Å². The van der Waals surface area contributed by atoms with Crippen LogP contribution in [0.3, 0.4) is 0 Å². The van der Waals surface area contributed by atoms with E-state index >= 15 is 0 Å². The lowest BCUT2D eigenvalue weighted by molar-refractivity contribution is -0.126. The quantitative estimate of drug-likeness (QED) is 0.750. The normalized spacial score (nSPS) is 20.8. The Kier molecular flexibility index (Phi) is 3.03. The highest BCUT2D eigenvalue weighted by Crippen LogP contribution is 2.51. The Morgan fingerprint density at radius 3 is 2.62 bits per heavy atom. The molecule has 0 bridgehead atoms. The SMILES string of the molecule is O=C1C[C@]2(C(=O)N(Cc3ccccc3)c3ccccc32)c2cn[nH]c2N1. The van der Waals surface area contributed by atoms with Gasteiger partial charge in [0.15, 0.2) is 0 Å². The van der Waals surface area contributed by atoms with Crippen LogP contribution in [0.25, 0.3) is 0 Å². The average Bonchev–Trinajstić information content (AvgIpc) is 3.21. The Bertz CT molecular complexity index is 1030. The van der Waals surface area contributed by atoms with Crippen LogP contribution < -0.4 is 10.2 Å². The summed E-state index contributed by atoms with van der Waals surface area (Å²) in [6.07, 6.45) is 1.73. The summed E-state index contributed by atoms with van der Waals surface area (Å²) >= 11 is 0. The van der Waals surface area contributed by atoms with Crippen LogP contribution in [0.1, 0.15) is 23.1 Å². The molecule has 0 saturated heterocycles. The van der Waals surface area contributed by atoms with Gasteiger partial charge in [-0.2, -0.15) is 5.10 Å². The lowest BCUT2D eigenvalue weighted by Gasteiger charge is -2.31. The summed E-state index contributed by atoms with van der Waals surface area (Å²) in [6, 6.07) is 17.6. The third-order valence-electron chi connectivity index (χ3n) is 5.24. The van der Waals surface area contributed by atoms with Gasteiger partial charge in [0.05, 0.1) is 12.7 Å². The van der Waals surface area contributed by atoms with E-state index in [2.05, 4.69) is 15.5 Å². The molecule has 2 N–H and O–H groups in total. The number of para-hydroxylation sites is 1. The molecular weight excluding hydrogens is 328 g/mol. The summed E-state index contributed by atoms with van der Waals surface area (Å²) in [4.78, 5) is 27.8. The van der Waals surface area contributed by atoms with E-state index in [0.717, 1.165) is 22.4 Å². The molecule has 6 heteroatoms. The second kappa shape index (κ2) is 5.29. The Morgan fingerprint density at radius 2 is 1.77 bits per heavy atom. The number of amides is 2. The molecule has 1 atom stereocenters. The summed E-state index contributed by atoms with van der Waals surface area (Å²) in [7, 11) is 0. The van der Waals surface area contributed by atoms with Crippen molar-refractivity contribution in [2.75, 3.05) is 10.2 Å². The van der Waals surface area contributed by atoms with Gasteiger partial charge in [0, 0.05) is 17.7 Å². The zero-order valence-corrected chi connectivity index (χ0v) is 13.9. The van der Waals surface area contributed by atoms with Gasteiger partial charge in [-0.1, -0.05) is 48.5 Å². The Morgan fingerprint density at radius 1 is 1.00 bits per heavy atom. The lowest BCUT2D eigenvalue weighted by Crippen LogP contribution is -2.46. The number of hydrogen-bond donors (Lipinski definition) is 2. The monoisotopic (exact) mass is 344 g/mol. The minimum Gasteiger partial charge on any atom is -0.311 e. The summed E-state index contributed by atoms with van der Waals surface area (Å²) in [5.74, 6) is 0.234. The number of aromatic amines is 1. The number of carbonyl (C=O) groups is 2. The van der Waals surface area contributed by atoms with Crippen molar-refractivity contribution >= 4 is 23.3 Å². The van der Waals surface area contributed by atoms with E-state index in [-0.39, 0.29) is 18.2 Å². The third kappa shape index (κ3) is 1.89. The van der Waals surface area contributed by atoms with Crippen LogP contribution in [-0.4, -0.2) is 22.0 Å². The molecule has 128 valence electrons. The molecular formula is C20H16N4O2. The number of H-pyrrole nitrogens is 1. The van der Waals surface area contributed by atoms with Crippen molar-refractivity contribution in [1.29, 1.82) is 0 Å². The van der Waals surface area contributed by atoms with Gasteiger partial charge in [0.1, 0.15) is 11.2 Å². The molecule has 2 aliphatic rings. The second-order valence-corrected chi connectivity index (χ2v) is 6.68. The van der Waals surface area contributed by atoms with Crippen LogP contribution in [0, 0.1) is 0 Å². The molecule has 2 aliphatic heterocycles. The van der Waals surface area contributed by atoms with Crippen molar-refractivity contribution in [2.24, 2.45) is 0 Å². The molecule has 5 rings (SSSR count). The first kappa shape index (κ1) is 14.9. The fourth-order valence-corrected chi connectivity index (χ4v) is 4.10. The van der Waals surface area contributed by atoms with Crippen LogP contribution in [0.4, 0.5) is 11.5 Å². The summed E-state index contributed by atoms with van der Waals surface area (Å²) < 4.78 is 0. The average molecular weight is 344 g/mol. The summed E-state index contributed by atoms with van der Waals surface area (Å²) in [6.45, 7) is 0.466. The minimum atomic E-state index is -1.02. The largest absolute Gasteiger partial charge is 0.311 e. The van der Waals surface area contributed by atoms with Crippen molar-refractivity contribution in [3.63, 3.8) is 0 Å². The van der Waals surface area contributed by atoms with Crippen molar-refractivity contribution in [3.05, 3.63) is 77.5 Å². The maximum atomic E-state index is 13.7. The van der Waals surface area contributed by atoms with Crippen molar-refractivity contribution in [3.8, 4) is 0 Å². The number of anilines is 2. The predicted octanol–water partition coefficient (Wildman–Crippen LogP) is 2.58. The third-order valence-corrected chi connectivity index (χ3v) is 5.24. The first-order valence-electron chi connectivity index (χ1n) is 8.49. The van der Waals surface area contributed by atoms with Crippen molar-refractivity contribution < 1.29 is 9.59 Å². The molecule has 0 fully saturated rings. The molecule has 2 amide bonds. The summed E-state index contributed by atoms with van der Waals surface area (Å²) in [5, 5.41) is 9.64. The Labute approximate surface area is 149 Å². The number of nitrogens with one attached hydrogen (secondary N) is 2. The molecule has 0 saturated carbocycles. The number of rotatable bonds is 2. The molecule has 1 spiro atoms. The fourth-order valence-electron chi connectivity index (χ4n) is 4.10. The van der Waals surface area contributed by atoms with Gasteiger partial charge in [0.25, 0.3) is 0 Å². The van der Waals surface area contributed by atoms with Crippen LogP contribution in [0.5, 0.6) is 0 Å². The maximum absolute atomic E-state index is 13.7. The topological polar surface area (TPSA) is 78.1 Å². The number of aromatic nitrogens is 2. The number of carbonyl (C=O) groups excluding carboxylic acids is 2. The highest BCUT2D eigenvalue weighted by atomic mass is 16.2. The molecule has 0 aliphatic carbocycles. The van der Waals surface area contributed by atoms with E-state index in [1.54, 1.807) is 11.1 Å². The molecule has 6 nitrogen and oxygen atoms in total. The highest BCUT2D eigenvalue weighted by Gasteiger charge is 2.56. The van der Waals surface area contributed by atoms with Gasteiger partial charge in [-0.05, 0) is 17.2 Å². The first-order valence-corrected chi connectivity index (χ1v) is 8.49. The number of fused-ring (bicyclic) bond motifs is 4. The number of hydrogen-bond acceptors (Lipinski definition) is 3. The Hall–Kier alpha value is -3.41. The fraction of sp³-hybridized carbons (Fsp3) is 0.150. The molecule has 0 unspecified atom stereocenters. The standard InChI is InChI=1S/C20H16N4O2/c25-17-10-20(15-11-21-23-18(15)22-17)14-8-4-5-9-16(14)24(19(20)26)12-13-6-2-1-3-7-13/h1-9,11H,10,12H2,(H2,21,22,23,25)/t20-/m1/s1. The van der Waals surface area contributed by atoms with Gasteiger partial charge >= 0.3 is 0 Å². The minimum absolute atomic E-state index is 0.0833. The summed E-state index contributed by atoms with van der Waals surface area (Å²) in [5.41, 5.74) is 2.46. The van der Waals surface area contributed by atoms with Gasteiger partial charge < -0.3 is 10.2 Å². The molecule has 2 aromatic carbocycles.